The van der Waals surface area contributed by atoms with E-state index in [1.54, 1.807) is 34.4 Å². The summed E-state index contributed by atoms with van der Waals surface area (Å²) in [5.74, 6) is 0.142. The molecule has 9 nitrogen and oxygen atoms in total. The molecular weight excluding hydrogens is 673 g/mol. The summed E-state index contributed by atoms with van der Waals surface area (Å²) in [6.45, 7) is 4.18. The largest absolute Gasteiger partial charge is 0.493 e. The first-order valence-electron chi connectivity index (χ1n) is 17.3. The Balaban J connectivity index is 1.04. The number of hydrogen-bond acceptors (Lipinski definition) is 8. The van der Waals surface area contributed by atoms with E-state index in [9.17, 15) is 13.6 Å². The molecule has 5 aromatic rings. The number of imidazole rings is 1. The van der Waals surface area contributed by atoms with Gasteiger partial charge in [-0.2, -0.15) is 11.3 Å². The van der Waals surface area contributed by atoms with Gasteiger partial charge in [-0.25, -0.2) is 13.8 Å². The van der Waals surface area contributed by atoms with Gasteiger partial charge in [-0.15, -0.1) is 0 Å². The number of aromatic nitrogens is 2. The maximum atomic E-state index is 14.7. The molecule has 1 N–H and O–H groups in total. The highest BCUT2D eigenvalue weighted by molar-refractivity contribution is 7.07. The molecule has 1 amide bonds. The molecule has 0 spiro atoms. The fourth-order valence-corrected chi connectivity index (χ4v) is 8.27. The summed E-state index contributed by atoms with van der Waals surface area (Å²) in [4.78, 5) is 23.1. The molecule has 0 aliphatic carbocycles. The van der Waals surface area contributed by atoms with Crippen molar-refractivity contribution in [1.82, 2.24) is 19.4 Å². The Morgan fingerprint density at radius 2 is 1.73 bits per heavy atom. The molecule has 268 valence electrons. The van der Waals surface area contributed by atoms with Gasteiger partial charge < -0.3 is 33.9 Å². The van der Waals surface area contributed by atoms with Crippen molar-refractivity contribution >= 4 is 34.2 Å². The number of amides is 1. The molecular formula is C39H43F2N5O4S. The van der Waals surface area contributed by atoms with Gasteiger partial charge in [0.05, 0.1) is 38.9 Å². The number of para-hydroxylation sites is 2. The lowest BCUT2D eigenvalue weighted by Gasteiger charge is -2.36. The van der Waals surface area contributed by atoms with Crippen LogP contribution in [0.4, 0.5) is 14.7 Å². The SMILES string of the molecule is COc1cc(C(=O)N2CCC(CCN3CCC(Nc4nc5ccccc5n4Cc4ccsc4)CC3)(c3ccc(F)c(F)c3)C2)cc(OC)c1OC. The van der Waals surface area contributed by atoms with E-state index < -0.39 is 17.0 Å². The molecule has 2 aliphatic rings. The maximum absolute atomic E-state index is 14.7. The Morgan fingerprint density at radius 1 is 0.961 bits per heavy atom. The van der Waals surface area contributed by atoms with Crippen LogP contribution in [0.15, 0.2) is 71.4 Å². The molecule has 3 aromatic carbocycles. The molecule has 12 heteroatoms. The third-order valence-corrected chi connectivity index (χ3v) is 11.2. The number of methoxy groups -OCH3 is 3. The topological polar surface area (TPSA) is 81.1 Å². The van der Waals surface area contributed by atoms with Crippen LogP contribution >= 0.6 is 11.3 Å². The minimum absolute atomic E-state index is 0.185. The zero-order valence-corrected chi connectivity index (χ0v) is 30.0. The van der Waals surface area contributed by atoms with Crippen LogP contribution in [-0.4, -0.2) is 85.4 Å². The maximum Gasteiger partial charge on any atom is 0.254 e. The second-order valence-corrected chi connectivity index (χ2v) is 14.2. The number of piperidine rings is 1. The summed E-state index contributed by atoms with van der Waals surface area (Å²) in [6.07, 6.45) is 3.23. The van der Waals surface area contributed by atoms with Gasteiger partial charge in [0.15, 0.2) is 23.1 Å². The second kappa shape index (κ2) is 14.9. The van der Waals surface area contributed by atoms with Crippen LogP contribution in [0.2, 0.25) is 0 Å². The molecule has 2 aromatic heterocycles. The lowest BCUT2D eigenvalue weighted by molar-refractivity contribution is 0.0779. The number of ether oxygens (including phenoxy) is 3. The van der Waals surface area contributed by atoms with Crippen molar-refractivity contribution in [1.29, 1.82) is 0 Å². The summed E-state index contributed by atoms with van der Waals surface area (Å²) >= 11 is 1.70. The van der Waals surface area contributed by atoms with Gasteiger partial charge in [-0.1, -0.05) is 18.2 Å². The number of benzene rings is 3. The van der Waals surface area contributed by atoms with Crippen molar-refractivity contribution in [2.24, 2.45) is 0 Å². The number of halogens is 2. The Labute approximate surface area is 300 Å². The molecule has 0 bridgehead atoms. The predicted molar refractivity (Wildman–Crippen MR) is 196 cm³/mol. The van der Waals surface area contributed by atoms with Crippen molar-refractivity contribution in [3.63, 3.8) is 0 Å². The first-order chi connectivity index (χ1) is 24.8. The van der Waals surface area contributed by atoms with Crippen LogP contribution in [0.1, 0.15) is 47.2 Å². The van der Waals surface area contributed by atoms with Crippen LogP contribution in [0.3, 0.4) is 0 Å². The first-order valence-corrected chi connectivity index (χ1v) is 18.2. The smallest absolute Gasteiger partial charge is 0.254 e. The average Bonchev–Trinajstić information content (AvgIpc) is 3.92. The molecule has 0 radical (unpaired) electrons. The van der Waals surface area contributed by atoms with Crippen molar-refractivity contribution < 1.29 is 27.8 Å². The van der Waals surface area contributed by atoms with Gasteiger partial charge in [0, 0.05) is 43.2 Å². The van der Waals surface area contributed by atoms with Crippen molar-refractivity contribution in [2.45, 2.75) is 43.7 Å². The number of thiophene rings is 1. The van der Waals surface area contributed by atoms with Crippen LogP contribution in [-0.2, 0) is 12.0 Å². The number of carbonyl (C=O) groups is 1. The van der Waals surface area contributed by atoms with E-state index in [4.69, 9.17) is 19.2 Å². The normalized spacial score (nSPS) is 18.3. The number of nitrogens with zero attached hydrogens (tertiary/aromatic N) is 4. The first kappa shape index (κ1) is 34.8. The molecule has 2 aliphatic heterocycles. The number of nitrogens with one attached hydrogen (secondary N) is 1. The van der Waals surface area contributed by atoms with E-state index in [1.807, 2.05) is 6.07 Å². The number of carbonyl (C=O) groups excluding carboxylic acids is 1. The van der Waals surface area contributed by atoms with Gasteiger partial charge in [-0.3, -0.25) is 4.79 Å². The number of fused-ring (bicyclic) bond motifs is 1. The van der Waals surface area contributed by atoms with Gasteiger partial charge >= 0.3 is 0 Å². The van der Waals surface area contributed by atoms with Crippen molar-refractivity contribution in [2.75, 3.05) is 59.4 Å². The molecule has 1 atom stereocenters. The summed E-state index contributed by atoms with van der Waals surface area (Å²) in [6, 6.07) is 18.1. The molecule has 1 unspecified atom stereocenters. The summed E-state index contributed by atoms with van der Waals surface area (Å²) in [7, 11) is 4.54. The lowest BCUT2D eigenvalue weighted by Crippen LogP contribution is -2.42. The summed E-state index contributed by atoms with van der Waals surface area (Å²) < 4.78 is 47.4. The van der Waals surface area contributed by atoms with Gasteiger partial charge in [0.25, 0.3) is 5.91 Å². The van der Waals surface area contributed by atoms with E-state index in [-0.39, 0.29) is 11.9 Å². The minimum atomic E-state index is -0.879. The Hall–Kier alpha value is -4.68. The Bertz CT molecular complexity index is 1970. The van der Waals surface area contributed by atoms with E-state index in [0.717, 1.165) is 56.0 Å². The van der Waals surface area contributed by atoms with Crippen molar-refractivity contribution in [3.8, 4) is 17.2 Å². The monoisotopic (exact) mass is 715 g/mol. The average molecular weight is 716 g/mol. The molecule has 4 heterocycles. The molecule has 2 saturated heterocycles. The highest BCUT2D eigenvalue weighted by Gasteiger charge is 2.42. The summed E-state index contributed by atoms with van der Waals surface area (Å²) in [5.41, 5.74) is 3.93. The van der Waals surface area contributed by atoms with Gasteiger partial charge in [0.2, 0.25) is 11.7 Å². The molecule has 0 saturated carbocycles. The van der Waals surface area contributed by atoms with Gasteiger partial charge in [-0.05, 0) is 96.6 Å². The number of anilines is 1. The Morgan fingerprint density at radius 3 is 2.41 bits per heavy atom. The van der Waals surface area contributed by atoms with Crippen LogP contribution in [0, 0.1) is 11.6 Å². The van der Waals surface area contributed by atoms with Crippen LogP contribution in [0.5, 0.6) is 17.2 Å². The van der Waals surface area contributed by atoms with Crippen LogP contribution < -0.4 is 19.5 Å². The summed E-state index contributed by atoms with van der Waals surface area (Å²) in [5, 5.41) is 8.03. The third-order valence-electron chi connectivity index (χ3n) is 10.5. The zero-order valence-electron chi connectivity index (χ0n) is 29.2. The number of likely N-dealkylation sites (tertiary alicyclic amines) is 2. The molecule has 7 rings (SSSR count). The van der Waals surface area contributed by atoms with Gasteiger partial charge in [0.1, 0.15) is 0 Å². The fraction of sp³-hybridized carbons (Fsp3) is 0.385. The highest BCUT2D eigenvalue weighted by atomic mass is 32.1. The highest BCUT2D eigenvalue weighted by Crippen LogP contribution is 2.42. The second-order valence-electron chi connectivity index (χ2n) is 13.5. The van der Waals surface area contributed by atoms with E-state index in [0.29, 0.717) is 54.3 Å². The van der Waals surface area contributed by atoms with Crippen LogP contribution in [0.25, 0.3) is 11.0 Å². The third kappa shape index (κ3) is 7.12. The fourth-order valence-electron chi connectivity index (χ4n) is 7.61. The predicted octanol–water partition coefficient (Wildman–Crippen LogP) is 7.20. The quantitative estimate of drug-likeness (QED) is 0.146. The number of hydrogen-bond donors (Lipinski definition) is 1. The standard InChI is InChI=1S/C39H43F2N5O4S/c1-48-34-20-27(21-35(49-2)36(34)50-3)37(47)45-18-14-39(25-45,28-8-9-30(40)31(41)22-28)13-17-44-15-10-29(11-16-44)42-38-43-32-6-4-5-7-33(32)46(38)23-26-12-19-51-24-26/h4-9,12,19-22,24,29H,10-11,13-18,23,25H2,1-3H3,(H,42,43). The zero-order chi connectivity index (χ0) is 35.5. The van der Waals surface area contributed by atoms with E-state index >= 15 is 0 Å². The Kier molecular flexibility index (Phi) is 10.1. The minimum Gasteiger partial charge on any atom is -0.493 e. The van der Waals surface area contributed by atoms with E-state index in [1.165, 1.54) is 39.0 Å². The molecule has 51 heavy (non-hydrogen) atoms. The van der Waals surface area contributed by atoms with Crippen molar-refractivity contribution in [3.05, 3.63) is 99.7 Å². The van der Waals surface area contributed by atoms with E-state index in [2.05, 4.69) is 49.8 Å². The molecule has 2 fully saturated rings. The lowest BCUT2D eigenvalue weighted by atomic mass is 9.76. The number of rotatable bonds is 12.